The Kier molecular flexibility index (Phi) is 5.26. The van der Waals surface area contributed by atoms with Gasteiger partial charge in [-0.3, -0.25) is 9.55 Å². The summed E-state index contributed by atoms with van der Waals surface area (Å²) in [7, 11) is -3.21. The van der Waals surface area contributed by atoms with Crippen LogP contribution in [-0.4, -0.2) is 22.2 Å². The van der Waals surface area contributed by atoms with Crippen LogP contribution in [0.2, 0.25) is 0 Å². The zero-order chi connectivity index (χ0) is 13.8. The lowest BCUT2D eigenvalue weighted by atomic mass is 10.5. The lowest BCUT2D eigenvalue weighted by Crippen LogP contribution is -2.10. The van der Waals surface area contributed by atoms with E-state index in [2.05, 4.69) is 9.97 Å². The van der Waals surface area contributed by atoms with Gasteiger partial charge in [-0.15, -0.1) is 0 Å². The summed E-state index contributed by atoms with van der Waals surface area (Å²) in [5, 5.41) is 0. The van der Waals surface area contributed by atoms with Crippen LogP contribution in [0.3, 0.4) is 0 Å². The average molecular weight is 273 g/mol. The van der Waals surface area contributed by atoms with Crippen LogP contribution in [0, 0.1) is 0 Å². The zero-order valence-corrected chi connectivity index (χ0v) is 12.1. The highest BCUT2D eigenvalue weighted by Gasteiger charge is 2.28. The van der Waals surface area contributed by atoms with Crippen LogP contribution >= 0.6 is 7.60 Å². The van der Waals surface area contributed by atoms with Gasteiger partial charge in [-0.1, -0.05) is 0 Å². The van der Waals surface area contributed by atoms with Crippen molar-refractivity contribution in [1.29, 1.82) is 0 Å². The first-order valence-electron chi connectivity index (χ1n) is 5.83. The first kappa shape index (κ1) is 15.1. The first-order valence-corrected chi connectivity index (χ1v) is 7.56. The molecule has 1 aromatic heterocycles. The van der Waals surface area contributed by atoms with E-state index in [1.807, 2.05) is 27.7 Å². The maximum atomic E-state index is 12.5. The SMILES string of the molecule is CC(C)OP(=O)(Cc1cnc(N)cn1)OC(C)C. The van der Waals surface area contributed by atoms with Crippen molar-refractivity contribution < 1.29 is 13.6 Å². The first-order chi connectivity index (χ1) is 8.31. The summed E-state index contributed by atoms with van der Waals surface area (Å²) in [5.41, 5.74) is 5.98. The van der Waals surface area contributed by atoms with E-state index in [9.17, 15) is 4.57 Å². The molecule has 0 unspecified atom stereocenters. The largest absolute Gasteiger partial charge is 0.382 e. The second-order valence-electron chi connectivity index (χ2n) is 4.51. The number of nitrogens with zero attached hydrogens (tertiary/aromatic N) is 2. The maximum Gasteiger partial charge on any atom is 0.337 e. The molecule has 1 heterocycles. The molecule has 0 spiro atoms. The highest BCUT2D eigenvalue weighted by atomic mass is 31.2. The van der Waals surface area contributed by atoms with Gasteiger partial charge in [0.15, 0.2) is 0 Å². The predicted molar refractivity (Wildman–Crippen MR) is 70.2 cm³/mol. The van der Waals surface area contributed by atoms with Crippen molar-refractivity contribution in [2.45, 2.75) is 46.1 Å². The minimum atomic E-state index is -3.21. The van der Waals surface area contributed by atoms with E-state index in [1.165, 1.54) is 12.4 Å². The summed E-state index contributed by atoms with van der Waals surface area (Å²) in [5.74, 6) is 0.322. The second kappa shape index (κ2) is 6.27. The van der Waals surface area contributed by atoms with E-state index < -0.39 is 7.60 Å². The molecule has 0 aliphatic heterocycles. The second-order valence-corrected chi connectivity index (χ2v) is 6.47. The minimum Gasteiger partial charge on any atom is -0.382 e. The van der Waals surface area contributed by atoms with E-state index in [1.54, 1.807) is 0 Å². The third-order valence-corrected chi connectivity index (χ3v) is 4.02. The Hall–Kier alpha value is -0.970. The third kappa shape index (κ3) is 5.12. The lowest BCUT2D eigenvalue weighted by molar-refractivity contribution is 0.141. The normalized spacial score (nSPS) is 12.3. The molecule has 0 aromatic carbocycles. The number of aromatic nitrogens is 2. The van der Waals surface area contributed by atoms with Gasteiger partial charge in [0.1, 0.15) is 5.82 Å². The van der Waals surface area contributed by atoms with Crippen LogP contribution in [-0.2, 0) is 19.8 Å². The molecule has 18 heavy (non-hydrogen) atoms. The van der Waals surface area contributed by atoms with Crippen LogP contribution < -0.4 is 5.73 Å². The van der Waals surface area contributed by atoms with Gasteiger partial charge in [-0.2, -0.15) is 0 Å². The fourth-order valence-corrected chi connectivity index (χ4v) is 3.43. The zero-order valence-electron chi connectivity index (χ0n) is 11.2. The van der Waals surface area contributed by atoms with Crippen molar-refractivity contribution in [3.05, 3.63) is 18.1 Å². The van der Waals surface area contributed by atoms with Gasteiger partial charge < -0.3 is 14.8 Å². The lowest BCUT2D eigenvalue weighted by Gasteiger charge is -2.22. The molecule has 0 fully saturated rings. The van der Waals surface area contributed by atoms with Crippen molar-refractivity contribution in [1.82, 2.24) is 9.97 Å². The number of hydrogen-bond donors (Lipinski definition) is 1. The van der Waals surface area contributed by atoms with E-state index in [4.69, 9.17) is 14.8 Å². The number of nitrogen functional groups attached to an aromatic ring is 1. The Morgan fingerprint density at radius 1 is 1.17 bits per heavy atom. The molecule has 1 rings (SSSR count). The highest BCUT2D eigenvalue weighted by molar-refractivity contribution is 7.53. The van der Waals surface area contributed by atoms with Gasteiger partial charge in [0.2, 0.25) is 0 Å². The number of nitrogens with two attached hydrogens (primary N) is 1. The molecule has 0 saturated carbocycles. The van der Waals surface area contributed by atoms with Crippen molar-refractivity contribution in [2.24, 2.45) is 0 Å². The van der Waals surface area contributed by atoms with Crippen molar-refractivity contribution in [3.63, 3.8) is 0 Å². The number of rotatable bonds is 6. The molecule has 0 bridgehead atoms. The molecular formula is C11H20N3O3P. The number of anilines is 1. The molecule has 0 aliphatic carbocycles. The molecule has 6 nitrogen and oxygen atoms in total. The highest BCUT2D eigenvalue weighted by Crippen LogP contribution is 2.53. The molecule has 1 aromatic rings. The Morgan fingerprint density at radius 3 is 2.11 bits per heavy atom. The Morgan fingerprint density at radius 2 is 1.72 bits per heavy atom. The van der Waals surface area contributed by atoms with Gasteiger partial charge >= 0.3 is 7.60 Å². The molecule has 0 atom stereocenters. The fraction of sp³-hybridized carbons (Fsp3) is 0.636. The number of hydrogen-bond acceptors (Lipinski definition) is 6. The third-order valence-electron chi connectivity index (χ3n) is 1.82. The standard InChI is InChI=1S/C11H20N3O3P/c1-8(2)16-18(15,17-9(3)4)7-10-5-14-11(12)6-13-10/h5-6,8-9H,7H2,1-4H3,(H2,12,14). The van der Waals surface area contributed by atoms with Gasteiger partial charge in [0.25, 0.3) is 0 Å². The van der Waals surface area contributed by atoms with E-state index in [-0.39, 0.29) is 18.4 Å². The molecule has 102 valence electrons. The quantitative estimate of drug-likeness (QED) is 0.801. The van der Waals surface area contributed by atoms with Gasteiger partial charge in [0.05, 0.1) is 36.5 Å². The topological polar surface area (TPSA) is 87.3 Å². The maximum absolute atomic E-state index is 12.5. The van der Waals surface area contributed by atoms with E-state index in [0.717, 1.165) is 0 Å². The molecule has 2 N–H and O–H groups in total. The summed E-state index contributed by atoms with van der Waals surface area (Å²) in [4.78, 5) is 7.96. The van der Waals surface area contributed by atoms with Gasteiger partial charge in [-0.05, 0) is 27.7 Å². The van der Waals surface area contributed by atoms with Crippen LogP contribution in [0.5, 0.6) is 0 Å². The summed E-state index contributed by atoms with van der Waals surface area (Å²) >= 11 is 0. The molecular weight excluding hydrogens is 253 g/mol. The Balaban J connectivity index is 2.84. The van der Waals surface area contributed by atoms with Crippen LogP contribution in [0.25, 0.3) is 0 Å². The monoisotopic (exact) mass is 273 g/mol. The van der Waals surface area contributed by atoms with Crippen molar-refractivity contribution >= 4 is 13.4 Å². The summed E-state index contributed by atoms with van der Waals surface area (Å²) in [6.07, 6.45) is 2.63. The Labute approximate surface area is 107 Å². The van der Waals surface area contributed by atoms with Crippen molar-refractivity contribution in [3.8, 4) is 0 Å². The molecule has 0 saturated heterocycles. The van der Waals surface area contributed by atoms with Crippen LogP contribution in [0.4, 0.5) is 5.82 Å². The molecule has 0 radical (unpaired) electrons. The fourth-order valence-electron chi connectivity index (χ4n) is 1.39. The Bertz CT molecular complexity index is 406. The molecule has 0 amide bonds. The summed E-state index contributed by atoms with van der Waals surface area (Å²) in [6.45, 7) is 7.24. The van der Waals surface area contributed by atoms with E-state index >= 15 is 0 Å². The van der Waals surface area contributed by atoms with Gasteiger partial charge in [0, 0.05) is 0 Å². The molecule has 0 aliphatic rings. The minimum absolute atomic E-state index is 0.0939. The summed E-state index contributed by atoms with van der Waals surface area (Å²) < 4.78 is 23.4. The van der Waals surface area contributed by atoms with Crippen LogP contribution in [0.1, 0.15) is 33.4 Å². The van der Waals surface area contributed by atoms with Crippen molar-refractivity contribution in [2.75, 3.05) is 5.73 Å². The smallest absolute Gasteiger partial charge is 0.337 e. The molecule has 7 heteroatoms. The summed E-state index contributed by atoms with van der Waals surface area (Å²) in [6, 6.07) is 0. The average Bonchev–Trinajstić information content (AvgIpc) is 2.18. The van der Waals surface area contributed by atoms with Gasteiger partial charge in [-0.25, -0.2) is 4.98 Å². The van der Waals surface area contributed by atoms with E-state index in [0.29, 0.717) is 11.5 Å². The van der Waals surface area contributed by atoms with Crippen LogP contribution in [0.15, 0.2) is 12.4 Å². The predicted octanol–water partition coefficient (Wildman–Crippen LogP) is 2.60.